The Labute approximate surface area is 145 Å². The molecule has 2 aliphatic rings. The zero-order chi connectivity index (χ0) is 17.6. The first-order valence-corrected chi connectivity index (χ1v) is 8.66. The lowest BCUT2D eigenvalue weighted by Gasteiger charge is -2.42. The van der Waals surface area contributed by atoms with E-state index in [1.54, 1.807) is 11.0 Å². The number of rotatable bonds is 1. The molecule has 132 valence electrons. The maximum absolute atomic E-state index is 12.8. The predicted octanol–water partition coefficient (Wildman–Crippen LogP) is 1.67. The Morgan fingerprint density at radius 2 is 2.08 bits per heavy atom. The van der Waals surface area contributed by atoms with Crippen LogP contribution in [0.15, 0.2) is 28.7 Å². The first-order chi connectivity index (χ1) is 12.0. The average Bonchev–Trinajstić information content (AvgIpc) is 2.97. The minimum absolute atomic E-state index is 0.103. The van der Waals surface area contributed by atoms with Crippen LogP contribution >= 0.6 is 0 Å². The molecular weight excluding hydrogens is 320 g/mol. The highest BCUT2D eigenvalue weighted by Gasteiger charge is 2.37. The first-order valence-electron chi connectivity index (χ1n) is 8.66. The van der Waals surface area contributed by atoms with E-state index in [0.717, 1.165) is 31.6 Å². The number of aryl methyl sites for hydroxylation is 1. The molecule has 1 N–H and O–H groups in total. The van der Waals surface area contributed by atoms with Gasteiger partial charge in [-0.3, -0.25) is 14.7 Å². The van der Waals surface area contributed by atoms with Crippen molar-refractivity contribution in [2.24, 2.45) is 0 Å². The Morgan fingerprint density at radius 3 is 2.80 bits per heavy atom. The second-order valence-corrected chi connectivity index (χ2v) is 7.06. The van der Waals surface area contributed by atoms with Gasteiger partial charge in [-0.05, 0) is 33.1 Å². The molecule has 0 unspecified atom stereocenters. The summed E-state index contributed by atoms with van der Waals surface area (Å²) in [5, 5.41) is 2.92. The van der Waals surface area contributed by atoms with Gasteiger partial charge in [0.05, 0.1) is 12.2 Å². The van der Waals surface area contributed by atoms with Gasteiger partial charge in [-0.2, -0.15) is 0 Å². The highest BCUT2D eigenvalue weighted by atomic mass is 16.5. The third-order valence-electron chi connectivity index (χ3n) is 5.15. The van der Waals surface area contributed by atoms with Crippen molar-refractivity contribution >= 4 is 11.6 Å². The summed E-state index contributed by atoms with van der Waals surface area (Å²) in [5.41, 5.74) is 2.20. The van der Waals surface area contributed by atoms with Crippen molar-refractivity contribution in [3.63, 3.8) is 0 Å². The molecule has 0 saturated carbocycles. The number of nitrogens with zero attached hydrogens (tertiary/aromatic N) is 3. The van der Waals surface area contributed by atoms with Gasteiger partial charge in [0.15, 0.2) is 5.65 Å². The van der Waals surface area contributed by atoms with Crippen molar-refractivity contribution in [2.45, 2.75) is 38.7 Å². The predicted molar refractivity (Wildman–Crippen MR) is 92.7 cm³/mol. The number of H-pyrrole nitrogens is 1. The fourth-order valence-corrected chi connectivity index (χ4v) is 3.75. The van der Waals surface area contributed by atoms with Crippen LogP contribution in [0.1, 0.15) is 42.2 Å². The zero-order valence-electron chi connectivity index (χ0n) is 14.5. The van der Waals surface area contributed by atoms with Gasteiger partial charge in [0.1, 0.15) is 5.56 Å². The summed E-state index contributed by atoms with van der Waals surface area (Å²) in [6.07, 6.45) is 6.09. The third kappa shape index (κ3) is 2.78. The van der Waals surface area contributed by atoms with Crippen LogP contribution in [0, 0.1) is 6.92 Å². The molecule has 25 heavy (non-hydrogen) atoms. The second kappa shape index (κ2) is 5.84. The summed E-state index contributed by atoms with van der Waals surface area (Å²) in [7, 11) is 0. The van der Waals surface area contributed by atoms with Gasteiger partial charge < -0.3 is 9.64 Å². The Hall–Kier alpha value is -2.41. The summed E-state index contributed by atoms with van der Waals surface area (Å²) < 4.78 is 7.32. The molecule has 0 radical (unpaired) electrons. The largest absolute Gasteiger partial charge is 0.370 e. The van der Waals surface area contributed by atoms with Gasteiger partial charge in [-0.1, -0.05) is 11.6 Å². The topological polar surface area (TPSA) is 79.7 Å². The van der Waals surface area contributed by atoms with Gasteiger partial charge in [0.2, 0.25) is 0 Å². The van der Waals surface area contributed by atoms with E-state index in [-0.39, 0.29) is 22.6 Å². The molecule has 1 saturated heterocycles. The SMILES string of the molecule is CC1=CC2(CCN(C(=O)c3cnc4cc(C)[nH]n4c3=O)CC2)OCC1. The molecule has 0 aromatic carbocycles. The lowest BCUT2D eigenvalue weighted by molar-refractivity contribution is -0.0522. The number of amides is 1. The molecular formula is C18H22N4O3. The van der Waals surface area contributed by atoms with Crippen molar-refractivity contribution in [3.05, 3.63) is 45.5 Å². The standard InChI is InChI=1S/C18H22N4O3/c1-12-3-8-25-18(10-12)4-6-21(7-5-18)16(23)14-11-19-15-9-13(2)20-22(15)17(14)24/h9-11,20H,3-8H2,1-2H3. The maximum atomic E-state index is 12.8. The molecule has 0 aliphatic carbocycles. The van der Waals surface area contributed by atoms with Crippen molar-refractivity contribution in [1.82, 2.24) is 19.5 Å². The average molecular weight is 342 g/mol. The summed E-state index contributed by atoms with van der Waals surface area (Å²) in [5.74, 6) is -0.259. The summed E-state index contributed by atoms with van der Waals surface area (Å²) in [6, 6.07) is 1.77. The van der Waals surface area contributed by atoms with Gasteiger partial charge in [-0.15, -0.1) is 0 Å². The number of nitrogens with one attached hydrogen (secondary N) is 1. The van der Waals surface area contributed by atoms with E-state index in [1.807, 2.05) is 6.92 Å². The number of aromatic nitrogens is 3. The Morgan fingerprint density at radius 1 is 1.32 bits per heavy atom. The fourth-order valence-electron chi connectivity index (χ4n) is 3.75. The van der Waals surface area contributed by atoms with Crippen LogP contribution in [0.25, 0.3) is 5.65 Å². The number of carbonyl (C=O) groups is 1. The van der Waals surface area contributed by atoms with Crippen LogP contribution in [-0.4, -0.2) is 50.7 Å². The fraction of sp³-hybridized carbons (Fsp3) is 0.500. The number of fused-ring (bicyclic) bond motifs is 1. The third-order valence-corrected chi connectivity index (χ3v) is 5.15. The van der Waals surface area contributed by atoms with Crippen molar-refractivity contribution in [3.8, 4) is 0 Å². The monoisotopic (exact) mass is 342 g/mol. The number of hydrogen-bond acceptors (Lipinski definition) is 4. The lowest BCUT2D eigenvalue weighted by atomic mass is 9.87. The maximum Gasteiger partial charge on any atom is 0.285 e. The minimum atomic E-state index is -0.354. The van der Waals surface area contributed by atoms with Crippen molar-refractivity contribution in [1.29, 1.82) is 0 Å². The van der Waals surface area contributed by atoms with Gasteiger partial charge >= 0.3 is 0 Å². The molecule has 7 nitrogen and oxygen atoms in total. The number of carbonyl (C=O) groups excluding carboxylic acids is 1. The molecule has 0 atom stereocenters. The number of ether oxygens (including phenoxy) is 1. The second-order valence-electron chi connectivity index (χ2n) is 7.06. The highest BCUT2D eigenvalue weighted by Crippen LogP contribution is 2.33. The normalized spacial score (nSPS) is 20.1. The summed E-state index contributed by atoms with van der Waals surface area (Å²) in [6.45, 7) is 5.87. The van der Waals surface area contributed by atoms with E-state index in [4.69, 9.17) is 4.74 Å². The molecule has 2 aliphatic heterocycles. The van der Waals surface area contributed by atoms with Crippen LogP contribution < -0.4 is 5.56 Å². The summed E-state index contributed by atoms with van der Waals surface area (Å²) >= 11 is 0. The molecule has 2 aromatic rings. The Kier molecular flexibility index (Phi) is 3.76. The molecule has 1 fully saturated rings. The van der Waals surface area contributed by atoms with Crippen LogP contribution in [-0.2, 0) is 4.74 Å². The quantitative estimate of drug-likeness (QED) is 0.800. The number of likely N-dealkylation sites (tertiary alicyclic amines) is 1. The lowest BCUT2D eigenvalue weighted by Crippen LogP contribution is -2.49. The number of hydrogen-bond donors (Lipinski definition) is 1. The molecule has 4 rings (SSSR count). The van der Waals surface area contributed by atoms with E-state index in [0.29, 0.717) is 18.7 Å². The molecule has 7 heteroatoms. The van der Waals surface area contributed by atoms with E-state index in [9.17, 15) is 9.59 Å². The summed E-state index contributed by atoms with van der Waals surface area (Å²) in [4.78, 5) is 31.3. The van der Waals surface area contributed by atoms with Gasteiger partial charge in [-0.25, -0.2) is 9.50 Å². The molecule has 2 aromatic heterocycles. The van der Waals surface area contributed by atoms with E-state index < -0.39 is 0 Å². The molecule has 1 amide bonds. The van der Waals surface area contributed by atoms with Crippen LogP contribution in [0.2, 0.25) is 0 Å². The van der Waals surface area contributed by atoms with Crippen molar-refractivity contribution < 1.29 is 9.53 Å². The van der Waals surface area contributed by atoms with Crippen LogP contribution in [0.3, 0.4) is 0 Å². The van der Waals surface area contributed by atoms with Crippen molar-refractivity contribution in [2.75, 3.05) is 19.7 Å². The highest BCUT2D eigenvalue weighted by molar-refractivity contribution is 5.93. The smallest absolute Gasteiger partial charge is 0.285 e. The van der Waals surface area contributed by atoms with E-state index in [2.05, 4.69) is 23.1 Å². The molecule has 1 spiro atoms. The Balaban J connectivity index is 1.56. The number of piperidine rings is 1. The van der Waals surface area contributed by atoms with E-state index >= 15 is 0 Å². The van der Waals surface area contributed by atoms with Crippen LogP contribution in [0.4, 0.5) is 0 Å². The molecule has 4 heterocycles. The Bertz CT molecular complexity index is 916. The zero-order valence-corrected chi connectivity index (χ0v) is 14.5. The van der Waals surface area contributed by atoms with Gasteiger partial charge in [0.25, 0.3) is 11.5 Å². The molecule has 0 bridgehead atoms. The van der Waals surface area contributed by atoms with E-state index in [1.165, 1.54) is 16.3 Å². The first kappa shape index (κ1) is 16.1. The number of aromatic amines is 1. The van der Waals surface area contributed by atoms with Gasteiger partial charge in [0, 0.05) is 31.0 Å². The minimum Gasteiger partial charge on any atom is -0.370 e. The van der Waals surface area contributed by atoms with Crippen LogP contribution in [0.5, 0.6) is 0 Å².